The van der Waals surface area contributed by atoms with E-state index in [1.807, 2.05) is 19.3 Å². The summed E-state index contributed by atoms with van der Waals surface area (Å²) >= 11 is 0. The molecule has 0 bridgehead atoms. The molecule has 0 aliphatic heterocycles. The maximum Gasteiger partial charge on any atom is -0.000740 e. The van der Waals surface area contributed by atoms with Crippen molar-refractivity contribution < 1.29 is 0 Å². The lowest BCUT2D eigenvalue weighted by atomic mass is 8.42. The van der Waals surface area contributed by atoms with Crippen LogP contribution in [0.1, 0.15) is 32.1 Å². The van der Waals surface area contributed by atoms with E-state index in [2.05, 4.69) is 0 Å². The molecule has 24 aliphatic rings. The molecule has 24 saturated carbocycles. The van der Waals surface area contributed by atoms with E-state index in [1.165, 1.54) is 82.9 Å². The van der Waals surface area contributed by atoms with Gasteiger partial charge in [0.05, 0.1) is 0 Å². The predicted octanol–water partition coefficient (Wildman–Crippen LogP) is 3.67. The van der Waals surface area contributed by atoms with E-state index in [9.17, 15) is 0 Å². The summed E-state index contributed by atoms with van der Waals surface area (Å²) in [4.78, 5) is 0. The fourth-order valence-corrected chi connectivity index (χ4v) is 36.8. The number of rotatable bonds is 0. The minimum atomic E-state index is 1.06. The van der Waals surface area contributed by atoms with Crippen molar-refractivity contribution in [1.29, 1.82) is 0 Å². The molecule has 0 saturated heterocycles. The summed E-state index contributed by atoms with van der Waals surface area (Å²) in [5.74, 6) is 19.1. The van der Waals surface area contributed by atoms with E-state index < -0.39 is 0 Å². The summed E-state index contributed by atoms with van der Waals surface area (Å²) < 4.78 is 0. The monoisotopic (exact) mass is 444 g/mol. The molecule has 16 spiro atoms. The molecule has 0 amide bonds. The van der Waals surface area contributed by atoms with Gasteiger partial charge in [-0.3, -0.25) is 0 Å². The zero-order valence-electron chi connectivity index (χ0n) is 19.6. The maximum absolute atomic E-state index is 1.86. The van der Waals surface area contributed by atoms with Gasteiger partial charge in [-0.2, -0.15) is 0 Å². The van der Waals surface area contributed by atoms with E-state index in [0.717, 1.165) is 86.6 Å². The van der Waals surface area contributed by atoms with Crippen LogP contribution in [0.3, 0.4) is 0 Å². The third-order valence-electron chi connectivity index (χ3n) is 29.4. The van der Waals surface area contributed by atoms with Crippen LogP contribution in [0.2, 0.25) is 0 Å². The molecule has 24 aliphatic carbocycles. The first-order valence-corrected chi connectivity index (χ1v) is 17.3. The topological polar surface area (TPSA) is 0 Å². The first-order valence-electron chi connectivity index (χ1n) is 17.3. The second kappa shape index (κ2) is 1.81. The summed E-state index contributed by atoms with van der Waals surface area (Å²) in [5, 5.41) is 0. The normalized spacial score (nSPS) is 134. The van der Waals surface area contributed by atoms with Gasteiger partial charge in [-0.05, 0) is 202 Å². The van der Waals surface area contributed by atoms with Crippen LogP contribution in [0.25, 0.3) is 0 Å². The Labute approximate surface area is 201 Å². The van der Waals surface area contributed by atoms with Crippen molar-refractivity contribution in [3.8, 4) is 0 Å². The minimum absolute atomic E-state index is 1.06. The van der Waals surface area contributed by atoms with E-state index in [4.69, 9.17) is 0 Å². The Morgan fingerprint density at radius 2 is 0.629 bits per heavy atom. The largest absolute Gasteiger partial charge is 0.0458 e. The molecule has 26 atom stereocenters. The zero-order chi connectivity index (χ0) is 19.6. The molecular formula is C35H24. The molecule has 0 aromatic rings. The highest BCUT2D eigenvalue weighted by molar-refractivity contribution is 6.06. The van der Waals surface area contributed by atoms with Gasteiger partial charge >= 0.3 is 0 Å². The summed E-state index contributed by atoms with van der Waals surface area (Å²) in [7, 11) is 0. The van der Waals surface area contributed by atoms with Crippen molar-refractivity contribution in [2.45, 2.75) is 32.1 Å². The van der Waals surface area contributed by atoms with E-state index in [-0.39, 0.29) is 0 Å². The van der Waals surface area contributed by atoms with Crippen LogP contribution >= 0.6 is 0 Å². The number of hydrogen-bond acceptors (Lipinski definition) is 0. The smallest absolute Gasteiger partial charge is 0.000740 e. The highest BCUT2D eigenvalue weighted by Crippen LogP contribution is 3.62. The quantitative estimate of drug-likeness (QED) is 0.535. The van der Waals surface area contributed by atoms with E-state index >= 15 is 0 Å². The Hall–Kier alpha value is 0. The van der Waals surface area contributed by atoms with Crippen molar-refractivity contribution in [2.24, 2.45) is 169 Å². The van der Waals surface area contributed by atoms with Gasteiger partial charge in [-0.15, -0.1) is 0 Å². The predicted molar refractivity (Wildman–Crippen MR) is 111 cm³/mol. The summed E-state index contributed by atoms with van der Waals surface area (Å²) in [6, 6.07) is 0. The molecule has 24 rings (SSSR count). The molecule has 0 heterocycles. The standard InChI is InChI=1S/C35H24/c1-6-14-12-4-20-5-13-15-7-2-9-17-19-11-3-10-18-16-8(1)21(6)26(14)24(12,20)32-25(13,20)27(15)22(7,9)29(17)31(19)23(10,11)30(18)28(16,21)33(26,32)35(30,31)34(27,29)32/h6-19H,1-5H2. The van der Waals surface area contributed by atoms with Gasteiger partial charge in [0.25, 0.3) is 0 Å². The van der Waals surface area contributed by atoms with Crippen LogP contribution in [0.5, 0.6) is 0 Å². The molecule has 0 nitrogen and oxygen atoms in total. The molecule has 0 aromatic carbocycles. The summed E-state index contributed by atoms with van der Waals surface area (Å²) in [6.07, 6.45) is 9.14. The molecule has 0 N–H and O–H groups in total. The van der Waals surface area contributed by atoms with Gasteiger partial charge in [0.1, 0.15) is 0 Å². The van der Waals surface area contributed by atoms with E-state index in [0.29, 0.717) is 0 Å². The van der Waals surface area contributed by atoms with Gasteiger partial charge < -0.3 is 0 Å². The fourth-order valence-electron chi connectivity index (χ4n) is 36.8. The summed E-state index contributed by atoms with van der Waals surface area (Å²) in [6.45, 7) is 0. The summed E-state index contributed by atoms with van der Waals surface area (Å²) in [5.41, 5.74) is 17.9. The van der Waals surface area contributed by atoms with Crippen LogP contribution in [-0.4, -0.2) is 0 Å². The van der Waals surface area contributed by atoms with Gasteiger partial charge in [0.2, 0.25) is 0 Å². The molecular weight excluding hydrogens is 420 g/mol. The third-order valence-corrected chi connectivity index (χ3v) is 29.4. The Bertz CT molecular complexity index is 1900. The van der Waals surface area contributed by atoms with Gasteiger partial charge in [-0.1, -0.05) is 0 Å². The molecule has 0 heteroatoms. The van der Waals surface area contributed by atoms with Gasteiger partial charge in [0, 0.05) is 0 Å². The zero-order valence-corrected chi connectivity index (χ0v) is 19.6. The van der Waals surface area contributed by atoms with Crippen molar-refractivity contribution in [2.75, 3.05) is 0 Å². The van der Waals surface area contributed by atoms with Crippen LogP contribution in [-0.2, 0) is 0 Å². The highest BCUT2D eigenvalue weighted by atomic mass is 15.6. The van der Waals surface area contributed by atoms with Crippen molar-refractivity contribution in [3.05, 3.63) is 0 Å². The van der Waals surface area contributed by atoms with Gasteiger partial charge in [0.15, 0.2) is 0 Å². The molecule has 26 unspecified atom stereocenters. The Morgan fingerprint density at radius 1 is 0.314 bits per heavy atom. The van der Waals surface area contributed by atoms with Crippen LogP contribution in [0.15, 0.2) is 0 Å². The lowest BCUT2D eigenvalue weighted by Gasteiger charge is -3.60. The second-order valence-corrected chi connectivity index (χ2v) is 22.3. The maximum atomic E-state index is 1.86. The molecule has 35 heavy (non-hydrogen) atoms. The van der Waals surface area contributed by atoms with Crippen LogP contribution < -0.4 is 0 Å². The first-order chi connectivity index (χ1) is 17.3. The van der Waals surface area contributed by atoms with Crippen molar-refractivity contribution in [1.82, 2.24) is 0 Å². The van der Waals surface area contributed by atoms with Crippen molar-refractivity contribution in [3.63, 3.8) is 0 Å². The molecule has 24 fully saturated rings. The van der Waals surface area contributed by atoms with E-state index in [1.54, 1.807) is 12.8 Å². The number of fused-ring (bicyclic) bond motifs is 10. The fraction of sp³-hybridized carbons (Fsp3) is 1.00. The van der Waals surface area contributed by atoms with Gasteiger partial charge in [-0.25, -0.2) is 0 Å². The lowest BCUT2D eigenvalue weighted by Crippen LogP contribution is -3.59. The Kier molecular flexibility index (Phi) is 0.622. The molecule has 164 valence electrons. The van der Waals surface area contributed by atoms with Crippen LogP contribution in [0.4, 0.5) is 0 Å². The highest BCUT2D eigenvalue weighted by Gasteiger charge is 3.61. The second-order valence-electron chi connectivity index (χ2n) is 22.3. The number of hydrogen-bond donors (Lipinski definition) is 0. The Balaban J connectivity index is 1.06. The first kappa shape index (κ1) is 12.0. The molecule has 0 radical (unpaired) electrons. The SMILES string of the molecule is C1C2C3C4CC56CC7C8C9CC%10C%11C%12C%13CC%14C%15C%16C1C21C32C45C34C76C85C9%10C%116C%127C%14%13C%158C%161C23C87C564. The third kappa shape index (κ3) is 0.266. The minimum Gasteiger partial charge on any atom is -0.0458 e. The average Bonchev–Trinajstić information content (AvgIpc) is 2.71. The average molecular weight is 445 g/mol. The molecule has 0 aromatic heterocycles. The Morgan fingerprint density at radius 3 is 1.03 bits per heavy atom. The lowest BCUT2D eigenvalue weighted by molar-refractivity contribution is -1.16. The van der Waals surface area contributed by atoms with Crippen LogP contribution in [0, 0.1) is 169 Å². The van der Waals surface area contributed by atoms with Crippen molar-refractivity contribution >= 4 is 0 Å².